The van der Waals surface area contributed by atoms with Crippen LogP contribution in [0.4, 0.5) is 0 Å². The van der Waals surface area contributed by atoms with Crippen LogP contribution in [0.2, 0.25) is 0 Å². The first kappa shape index (κ1) is 30.2. The van der Waals surface area contributed by atoms with Crippen LogP contribution in [0, 0.1) is 0 Å². The van der Waals surface area contributed by atoms with Crippen molar-refractivity contribution in [3.8, 4) is 17.2 Å². The van der Waals surface area contributed by atoms with E-state index < -0.39 is 11.6 Å². The van der Waals surface area contributed by atoms with Gasteiger partial charge in [0.25, 0.3) is 0 Å². The number of unbranched alkanes of at least 4 members (excludes halogenated alkanes) is 7. The average Bonchev–Trinajstić information content (AvgIpc) is 2.84. The summed E-state index contributed by atoms with van der Waals surface area (Å²) in [5.74, 6) is 0.0526. The standard InChI is InChI=1S/C31H44O6/c1-6-7-8-9-10-11-12-13-21-34-30-29(35-22-20-24(4)17-14-16-23(2)3)26-18-15-19-27(36-25(5)32)28(26)37-31(30)33/h15-16,18-20H,6-14,17,21-22H2,1-5H3/b24-20+. The lowest BCUT2D eigenvalue weighted by Gasteiger charge is -2.14. The Morgan fingerprint density at radius 1 is 0.892 bits per heavy atom. The van der Waals surface area contributed by atoms with Crippen molar-refractivity contribution in [1.82, 2.24) is 0 Å². The third kappa shape index (κ3) is 10.9. The molecule has 0 spiro atoms. The molecule has 0 radical (unpaired) electrons. The maximum Gasteiger partial charge on any atom is 0.383 e. The lowest BCUT2D eigenvalue weighted by atomic mass is 10.1. The van der Waals surface area contributed by atoms with Crippen LogP contribution in [0.1, 0.15) is 98.8 Å². The summed E-state index contributed by atoms with van der Waals surface area (Å²) < 4.78 is 22.8. The van der Waals surface area contributed by atoms with Gasteiger partial charge < -0.3 is 18.6 Å². The molecule has 0 amide bonds. The number of benzene rings is 1. The SMILES string of the molecule is CCCCCCCCCCOc1c(OC/C=C(\C)CCC=C(C)C)c2cccc(OC(C)=O)c2oc1=O. The maximum absolute atomic E-state index is 12.9. The van der Waals surface area contributed by atoms with E-state index in [0.29, 0.717) is 17.7 Å². The first-order valence-corrected chi connectivity index (χ1v) is 13.7. The van der Waals surface area contributed by atoms with Crippen LogP contribution in [-0.4, -0.2) is 19.2 Å². The molecule has 6 nitrogen and oxygen atoms in total. The van der Waals surface area contributed by atoms with Gasteiger partial charge in [0.05, 0.1) is 12.0 Å². The molecule has 0 N–H and O–H groups in total. The Bertz CT molecular complexity index is 1100. The van der Waals surface area contributed by atoms with Gasteiger partial charge in [-0.15, -0.1) is 0 Å². The molecule has 0 saturated heterocycles. The van der Waals surface area contributed by atoms with E-state index in [9.17, 15) is 9.59 Å². The first-order chi connectivity index (χ1) is 17.8. The second-order valence-corrected chi connectivity index (χ2v) is 9.78. The van der Waals surface area contributed by atoms with Gasteiger partial charge in [0, 0.05) is 6.92 Å². The number of para-hydroxylation sites is 1. The highest BCUT2D eigenvalue weighted by Gasteiger charge is 2.20. The zero-order valence-corrected chi connectivity index (χ0v) is 23.3. The highest BCUT2D eigenvalue weighted by Crippen LogP contribution is 2.37. The van der Waals surface area contributed by atoms with Crippen molar-refractivity contribution in [1.29, 1.82) is 0 Å². The molecule has 0 unspecified atom stereocenters. The second-order valence-electron chi connectivity index (χ2n) is 9.78. The Hall–Kier alpha value is -3.02. The van der Waals surface area contributed by atoms with Crippen molar-refractivity contribution in [3.05, 3.63) is 51.9 Å². The summed E-state index contributed by atoms with van der Waals surface area (Å²) in [5, 5.41) is 0.528. The summed E-state index contributed by atoms with van der Waals surface area (Å²) in [5.41, 5.74) is 2.02. The number of rotatable bonds is 17. The van der Waals surface area contributed by atoms with E-state index in [-0.39, 0.29) is 23.7 Å². The first-order valence-electron chi connectivity index (χ1n) is 13.7. The van der Waals surface area contributed by atoms with Gasteiger partial charge in [-0.1, -0.05) is 75.2 Å². The van der Waals surface area contributed by atoms with Gasteiger partial charge in [-0.3, -0.25) is 4.79 Å². The molecule has 204 valence electrons. The van der Waals surface area contributed by atoms with Crippen molar-refractivity contribution in [2.75, 3.05) is 13.2 Å². The van der Waals surface area contributed by atoms with Crippen molar-refractivity contribution in [2.45, 2.75) is 98.8 Å². The third-order valence-electron chi connectivity index (χ3n) is 6.06. The van der Waals surface area contributed by atoms with E-state index >= 15 is 0 Å². The van der Waals surface area contributed by atoms with E-state index in [1.807, 2.05) is 6.08 Å². The monoisotopic (exact) mass is 512 g/mol. The number of esters is 1. The van der Waals surface area contributed by atoms with Crippen LogP contribution in [-0.2, 0) is 4.79 Å². The van der Waals surface area contributed by atoms with Crippen LogP contribution in [0.15, 0.2) is 50.7 Å². The molecule has 0 aliphatic rings. The number of allylic oxidation sites excluding steroid dienone is 3. The number of hydrogen-bond acceptors (Lipinski definition) is 6. The minimum atomic E-state index is -0.647. The fourth-order valence-corrected chi connectivity index (χ4v) is 4.02. The summed E-state index contributed by atoms with van der Waals surface area (Å²) in [6.07, 6.45) is 15.5. The molecule has 1 aromatic carbocycles. The van der Waals surface area contributed by atoms with Crippen LogP contribution >= 0.6 is 0 Å². The molecule has 0 atom stereocenters. The van der Waals surface area contributed by atoms with Crippen molar-refractivity contribution < 1.29 is 23.4 Å². The lowest BCUT2D eigenvalue weighted by molar-refractivity contribution is -0.131. The molecule has 1 heterocycles. The number of hydrogen-bond donors (Lipinski definition) is 0. The third-order valence-corrected chi connectivity index (χ3v) is 6.06. The maximum atomic E-state index is 12.9. The Kier molecular flexibility index (Phi) is 13.6. The molecule has 0 fully saturated rings. The van der Waals surface area contributed by atoms with Gasteiger partial charge >= 0.3 is 11.6 Å². The fraction of sp³-hybridized carbons (Fsp3) is 0.548. The van der Waals surface area contributed by atoms with Gasteiger partial charge in [0.15, 0.2) is 17.1 Å². The van der Waals surface area contributed by atoms with Crippen LogP contribution < -0.4 is 19.8 Å². The van der Waals surface area contributed by atoms with Crippen molar-refractivity contribution in [2.24, 2.45) is 0 Å². The van der Waals surface area contributed by atoms with Gasteiger partial charge in [-0.05, 0) is 58.2 Å². The van der Waals surface area contributed by atoms with Crippen molar-refractivity contribution in [3.63, 3.8) is 0 Å². The molecular formula is C31H44O6. The Morgan fingerprint density at radius 2 is 1.59 bits per heavy atom. The summed E-state index contributed by atoms with van der Waals surface area (Å²) in [6.45, 7) is 10.5. The van der Waals surface area contributed by atoms with Crippen LogP contribution in [0.5, 0.6) is 17.2 Å². The quantitative estimate of drug-likeness (QED) is 0.0697. The lowest BCUT2D eigenvalue weighted by Crippen LogP contribution is -2.12. The number of carbonyl (C=O) groups is 1. The molecule has 1 aromatic heterocycles. The van der Waals surface area contributed by atoms with E-state index in [1.54, 1.807) is 18.2 Å². The Balaban J connectivity index is 2.17. The summed E-state index contributed by atoms with van der Waals surface area (Å²) >= 11 is 0. The van der Waals surface area contributed by atoms with E-state index in [0.717, 1.165) is 32.1 Å². The highest BCUT2D eigenvalue weighted by atomic mass is 16.5. The Labute approximate surface area is 221 Å². The molecule has 0 aliphatic carbocycles. The second kappa shape index (κ2) is 16.7. The molecule has 2 aromatic rings. The largest absolute Gasteiger partial charge is 0.485 e. The van der Waals surface area contributed by atoms with Gasteiger partial charge in [-0.25, -0.2) is 4.79 Å². The number of ether oxygens (including phenoxy) is 3. The normalized spacial score (nSPS) is 11.4. The summed E-state index contributed by atoms with van der Waals surface area (Å²) in [6, 6.07) is 5.09. The van der Waals surface area contributed by atoms with Crippen LogP contribution in [0.25, 0.3) is 11.0 Å². The smallest absolute Gasteiger partial charge is 0.383 e. The van der Waals surface area contributed by atoms with Crippen LogP contribution in [0.3, 0.4) is 0 Å². The zero-order chi connectivity index (χ0) is 27.0. The fourth-order valence-electron chi connectivity index (χ4n) is 4.02. The van der Waals surface area contributed by atoms with E-state index in [1.165, 1.54) is 50.2 Å². The zero-order valence-electron chi connectivity index (χ0n) is 23.3. The molecule has 0 saturated carbocycles. The number of carbonyl (C=O) groups excluding carboxylic acids is 1. The van der Waals surface area contributed by atoms with Crippen molar-refractivity contribution >= 4 is 16.9 Å². The minimum absolute atomic E-state index is 0.0611. The molecule has 0 bridgehead atoms. The predicted octanol–water partition coefficient (Wildman–Crippen LogP) is 8.31. The summed E-state index contributed by atoms with van der Waals surface area (Å²) in [7, 11) is 0. The Morgan fingerprint density at radius 3 is 2.27 bits per heavy atom. The molecular weight excluding hydrogens is 468 g/mol. The number of fused-ring (bicyclic) bond motifs is 1. The average molecular weight is 513 g/mol. The molecule has 2 rings (SSSR count). The van der Waals surface area contributed by atoms with E-state index in [4.69, 9.17) is 18.6 Å². The van der Waals surface area contributed by atoms with Gasteiger partial charge in [0.1, 0.15) is 6.61 Å². The van der Waals surface area contributed by atoms with Gasteiger partial charge in [0.2, 0.25) is 5.75 Å². The highest BCUT2D eigenvalue weighted by molar-refractivity contribution is 5.91. The van der Waals surface area contributed by atoms with Gasteiger partial charge in [-0.2, -0.15) is 0 Å². The predicted molar refractivity (Wildman–Crippen MR) is 150 cm³/mol. The summed E-state index contributed by atoms with van der Waals surface area (Å²) in [4.78, 5) is 24.5. The topological polar surface area (TPSA) is 75.0 Å². The minimum Gasteiger partial charge on any atom is -0.485 e. The molecule has 37 heavy (non-hydrogen) atoms. The molecule has 0 aliphatic heterocycles. The molecule has 6 heteroatoms. The van der Waals surface area contributed by atoms with E-state index in [2.05, 4.69) is 33.8 Å².